The van der Waals surface area contributed by atoms with E-state index in [1.807, 2.05) is 0 Å². The first-order valence-corrected chi connectivity index (χ1v) is 5.02. The summed E-state index contributed by atoms with van der Waals surface area (Å²) in [6.45, 7) is 3.29. The molecule has 1 aliphatic carbocycles. The molecule has 1 fully saturated rings. The molecule has 0 aromatic heterocycles. The van der Waals surface area contributed by atoms with E-state index >= 15 is 0 Å². The minimum Gasteiger partial charge on any atom is -0.314 e. The molecule has 0 heterocycles. The summed E-state index contributed by atoms with van der Waals surface area (Å²) in [6.07, 6.45) is 1.83. The third-order valence-corrected chi connectivity index (χ3v) is 3.00. The van der Waals surface area contributed by atoms with Gasteiger partial charge in [0.1, 0.15) is 5.78 Å². The zero-order chi connectivity index (χ0) is 11.4. The van der Waals surface area contributed by atoms with Gasteiger partial charge in [0.05, 0.1) is 12.0 Å². The van der Waals surface area contributed by atoms with Crippen LogP contribution in [0.25, 0.3) is 0 Å². The molecule has 0 N–H and O–H groups in total. The van der Waals surface area contributed by atoms with Crippen molar-refractivity contribution in [2.75, 3.05) is 6.54 Å². The number of nitro groups is 1. The number of carbonyl (C=O) groups is 1. The molecule has 15 heavy (non-hydrogen) atoms. The van der Waals surface area contributed by atoms with E-state index in [1.165, 1.54) is 0 Å². The zero-order valence-corrected chi connectivity index (χ0v) is 9.06. The van der Waals surface area contributed by atoms with Gasteiger partial charge in [-0.3, -0.25) is 14.9 Å². The Hall–Kier alpha value is -0.880. The van der Waals surface area contributed by atoms with Gasteiger partial charge < -0.3 is 4.18 Å². The maximum absolute atomic E-state index is 11.5. The lowest BCUT2D eigenvalue weighted by atomic mass is 9.91. The second-order valence-corrected chi connectivity index (χ2v) is 3.84. The average molecular weight is 231 g/mol. The standard InChI is InChI=1S/C9H13NO4S/c1-2-3-6-7(5-10(12)13)9(14-15)4-8(6)11/h2,6-7,9,15H,1,3-5H2/t6-,7-,9-/m1/s1. The Morgan fingerprint density at radius 2 is 2.40 bits per heavy atom. The summed E-state index contributed by atoms with van der Waals surface area (Å²) in [5.74, 6) is -0.728. The summed E-state index contributed by atoms with van der Waals surface area (Å²) < 4.78 is 4.81. The second-order valence-electron chi connectivity index (χ2n) is 3.62. The van der Waals surface area contributed by atoms with E-state index in [0.29, 0.717) is 6.42 Å². The molecule has 3 atom stereocenters. The van der Waals surface area contributed by atoms with Crippen molar-refractivity contribution in [1.29, 1.82) is 0 Å². The lowest BCUT2D eigenvalue weighted by molar-refractivity contribution is -0.490. The summed E-state index contributed by atoms with van der Waals surface area (Å²) in [5, 5.41) is 10.5. The van der Waals surface area contributed by atoms with E-state index < -0.39 is 11.0 Å². The van der Waals surface area contributed by atoms with Crippen LogP contribution in [0.4, 0.5) is 0 Å². The van der Waals surface area contributed by atoms with Crippen LogP contribution < -0.4 is 0 Å². The van der Waals surface area contributed by atoms with Crippen LogP contribution in [-0.2, 0) is 8.98 Å². The van der Waals surface area contributed by atoms with Crippen molar-refractivity contribution in [2.45, 2.75) is 18.9 Å². The topological polar surface area (TPSA) is 69.4 Å². The molecule has 0 radical (unpaired) electrons. The Morgan fingerprint density at radius 3 is 2.87 bits per heavy atom. The van der Waals surface area contributed by atoms with E-state index in [0.717, 1.165) is 0 Å². The molecular formula is C9H13NO4S. The van der Waals surface area contributed by atoms with Crippen molar-refractivity contribution < 1.29 is 13.9 Å². The van der Waals surface area contributed by atoms with E-state index in [4.69, 9.17) is 4.18 Å². The quantitative estimate of drug-likeness (QED) is 0.254. The fraction of sp³-hybridized carbons (Fsp3) is 0.667. The number of Topliss-reactive ketones (excluding diaryl/α,β-unsaturated/α-hetero) is 1. The minimum absolute atomic E-state index is 0.000741. The number of hydrogen-bond donors (Lipinski definition) is 1. The third kappa shape index (κ3) is 2.79. The highest BCUT2D eigenvalue weighted by Gasteiger charge is 2.44. The van der Waals surface area contributed by atoms with Gasteiger partial charge in [-0.15, -0.1) is 6.58 Å². The predicted molar refractivity (Wildman–Crippen MR) is 57.1 cm³/mol. The molecule has 0 saturated heterocycles. The molecule has 0 unspecified atom stereocenters. The smallest absolute Gasteiger partial charge is 0.209 e. The summed E-state index contributed by atoms with van der Waals surface area (Å²) in [6, 6.07) is 0. The lowest BCUT2D eigenvalue weighted by Gasteiger charge is -2.16. The number of nitrogens with zero attached hydrogens (tertiary/aromatic N) is 1. The number of rotatable bonds is 5. The molecule has 0 bridgehead atoms. The molecule has 1 saturated carbocycles. The summed E-state index contributed by atoms with van der Waals surface area (Å²) in [5.41, 5.74) is 0. The van der Waals surface area contributed by atoms with E-state index in [2.05, 4.69) is 19.5 Å². The van der Waals surface area contributed by atoms with Gasteiger partial charge in [0, 0.05) is 17.3 Å². The van der Waals surface area contributed by atoms with Crippen LogP contribution in [-0.4, -0.2) is 23.4 Å². The molecule has 6 heteroatoms. The Bertz CT molecular complexity index is 281. The highest BCUT2D eigenvalue weighted by molar-refractivity contribution is 7.75. The van der Waals surface area contributed by atoms with Crippen molar-refractivity contribution in [1.82, 2.24) is 0 Å². The van der Waals surface area contributed by atoms with Crippen LogP contribution in [0.5, 0.6) is 0 Å². The average Bonchev–Trinajstić information content (AvgIpc) is 2.45. The Kier molecular flexibility index (Phi) is 4.28. The van der Waals surface area contributed by atoms with Crippen molar-refractivity contribution in [3.8, 4) is 0 Å². The molecule has 84 valence electrons. The number of carbonyl (C=O) groups excluding carboxylic acids is 1. The molecule has 0 spiro atoms. The Labute approximate surface area is 93.3 Å². The third-order valence-electron chi connectivity index (χ3n) is 2.73. The summed E-state index contributed by atoms with van der Waals surface area (Å²) >= 11 is 3.65. The second kappa shape index (κ2) is 5.27. The lowest BCUT2D eigenvalue weighted by Crippen LogP contribution is -2.28. The largest absolute Gasteiger partial charge is 0.314 e. The first-order chi connectivity index (χ1) is 7.10. The number of thiol groups is 1. The fourth-order valence-electron chi connectivity index (χ4n) is 2.02. The molecule has 5 nitrogen and oxygen atoms in total. The predicted octanol–water partition coefficient (Wildman–Crippen LogP) is 1.27. The highest BCUT2D eigenvalue weighted by atomic mass is 32.1. The number of allylic oxidation sites excluding steroid dienone is 1. The Morgan fingerprint density at radius 1 is 1.73 bits per heavy atom. The van der Waals surface area contributed by atoms with Gasteiger partial charge in [0.15, 0.2) is 0 Å². The van der Waals surface area contributed by atoms with Crippen molar-refractivity contribution >= 4 is 18.7 Å². The van der Waals surface area contributed by atoms with Gasteiger partial charge in [0.2, 0.25) is 6.54 Å². The first kappa shape index (κ1) is 12.2. The fourth-order valence-corrected chi connectivity index (χ4v) is 2.25. The van der Waals surface area contributed by atoms with Gasteiger partial charge in [-0.25, -0.2) is 0 Å². The van der Waals surface area contributed by atoms with Crippen LogP contribution in [0.3, 0.4) is 0 Å². The molecule has 0 aromatic rings. The number of ketones is 1. The molecular weight excluding hydrogens is 218 g/mol. The van der Waals surface area contributed by atoms with E-state index in [1.54, 1.807) is 6.08 Å². The molecule has 1 aliphatic rings. The van der Waals surface area contributed by atoms with E-state index in [9.17, 15) is 14.9 Å². The first-order valence-electron chi connectivity index (χ1n) is 4.65. The van der Waals surface area contributed by atoms with Crippen LogP contribution in [0, 0.1) is 22.0 Å². The molecule has 0 amide bonds. The van der Waals surface area contributed by atoms with Crippen molar-refractivity contribution in [2.24, 2.45) is 11.8 Å². The van der Waals surface area contributed by atoms with Crippen LogP contribution >= 0.6 is 12.9 Å². The Balaban J connectivity index is 2.77. The maximum Gasteiger partial charge on any atom is 0.209 e. The molecule has 0 aromatic carbocycles. The highest BCUT2D eigenvalue weighted by Crippen LogP contribution is 2.34. The van der Waals surface area contributed by atoms with Gasteiger partial charge >= 0.3 is 0 Å². The zero-order valence-electron chi connectivity index (χ0n) is 8.17. The summed E-state index contributed by atoms with van der Waals surface area (Å²) in [4.78, 5) is 21.6. The summed E-state index contributed by atoms with van der Waals surface area (Å²) in [7, 11) is 0. The van der Waals surface area contributed by atoms with Crippen molar-refractivity contribution in [3.05, 3.63) is 22.8 Å². The van der Waals surface area contributed by atoms with Crippen LogP contribution in [0.15, 0.2) is 12.7 Å². The van der Waals surface area contributed by atoms with Gasteiger partial charge in [-0.2, -0.15) is 0 Å². The number of hydrogen-bond acceptors (Lipinski definition) is 5. The van der Waals surface area contributed by atoms with Crippen LogP contribution in [0.1, 0.15) is 12.8 Å². The molecule has 1 rings (SSSR count). The molecule has 0 aliphatic heterocycles. The maximum atomic E-state index is 11.5. The monoisotopic (exact) mass is 231 g/mol. The van der Waals surface area contributed by atoms with Gasteiger partial charge in [0.25, 0.3) is 0 Å². The van der Waals surface area contributed by atoms with Gasteiger partial charge in [-0.1, -0.05) is 6.08 Å². The van der Waals surface area contributed by atoms with E-state index in [-0.39, 0.29) is 30.6 Å². The SMILES string of the molecule is C=CC[C@H]1C(=O)C[C@@H](OS)[C@@H]1C[N+](=O)[O-]. The van der Waals surface area contributed by atoms with Crippen LogP contribution in [0.2, 0.25) is 0 Å². The minimum atomic E-state index is -0.448. The normalized spacial score (nSPS) is 30.5. The van der Waals surface area contributed by atoms with Crippen molar-refractivity contribution in [3.63, 3.8) is 0 Å². The van der Waals surface area contributed by atoms with Gasteiger partial charge in [-0.05, 0) is 19.3 Å².